The Morgan fingerprint density at radius 1 is 1.22 bits per heavy atom. The second-order valence-electron chi connectivity index (χ2n) is 4.92. The first-order valence-electron chi connectivity index (χ1n) is 6.11. The SMILES string of the molecule is CC1CCCC1C(=O)c1ccccc1C(F)(F)F. The number of carbonyl (C=O) groups is 1. The summed E-state index contributed by atoms with van der Waals surface area (Å²) in [5, 5.41) is 0. The highest BCUT2D eigenvalue weighted by Gasteiger charge is 2.38. The lowest BCUT2D eigenvalue weighted by molar-refractivity contribution is -0.137. The lowest BCUT2D eigenvalue weighted by Gasteiger charge is -2.17. The molecule has 1 nitrogen and oxygen atoms in total. The Morgan fingerprint density at radius 2 is 1.89 bits per heavy atom. The average molecular weight is 256 g/mol. The van der Waals surface area contributed by atoms with Gasteiger partial charge in [-0.25, -0.2) is 0 Å². The summed E-state index contributed by atoms with van der Waals surface area (Å²) in [5.41, 5.74) is -0.988. The predicted octanol–water partition coefficient (Wildman–Crippen LogP) is 4.32. The van der Waals surface area contributed by atoms with Crippen LogP contribution in [0.2, 0.25) is 0 Å². The maximum atomic E-state index is 12.8. The van der Waals surface area contributed by atoms with Crippen molar-refractivity contribution in [2.24, 2.45) is 11.8 Å². The van der Waals surface area contributed by atoms with Gasteiger partial charge < -0.3 is 0 Å². The molecule has 18 heavy (non-hydrogen) atoms. The maximum Gasteiger partial charge on any atom is 0.417 e. The minimum atomic E-state index is -4.46. The zero-order valence-electron chi connectivity index (χ0n) is 10.1. The topological polar surface area (TPSA) is 17.1 Å². The van der Waals surface area contributed by atoms with E-state index < -0.39 is 11.7 Å². The molecule has 0 aromatic heterocycles. The third kappa shape index (κ3) is 2.42. The first kappa shape index (κ1) is 13.1. The molecule has 4 heteroatoms. The van der Waals surface area contributed by atoms with Crippen molar-refractivity contribution in [3.63, 3.8) is 0 Å². The zero-order valence-corrected chi connectivity index (χ0v) is 10.1. The quantitative estimate of drug-likeness (QED) is 0.720. The lowest BCUT2D eigenvalue weighted by Crippen LogP contribution is -2.21. The number of ketones is 1. The molecular weight excluding hydrogens is 241 g/mol. The predicted molar refractivity (Wildman–Crippen MR) is 62.3 cm³/mol. The molecule has 1 aliphatic carbocycles. The second-order valence-corrected chi connectivity index (χ2v) is 4.92. The van der Waals surface area contributed by atoms with Crippen LogP contribution in [-0.2, 0) is 6.18 Å². The molecule has 0 saturated heterocycles. The minimum Gasteiger partial charge on any atom is -0.294 e. The van der Waals surface area contributed by atoms with Gasteiger partial charge >= 0.3 is 6.18 Å². The summed E-state index contributed by atoms with van der Waals surface area (Å²) in [6.45, 7) is 1.94. The van der Waals surface area contributed by atoms with E-state index in [9.17, 15) is 18.0 Å². The fourth-order valence-corrected chi connectivity index (χ4v) is 2.68. The highest BCUT2D eigenvalue weighted by Crippen LogP contribution is 2.37. The van der Waals surface area contributed by atoms with Crippen molar-refractivity contribution in [1.29, 1.82) is 0 Å². The van der Waals surface area contributed by atoms with Gasteiger partial charge in [-0.2, -0.15) is 13.2 Å². The van der Waals surface area contributed by atoms with Crippen LogP contribution in [0.25, 0.3) is 0 Å². The number of Topliss-reactive ketones (excluding diaryl/α,β-unsaturated/α-hetero) is 1. The van der Waals surface area contributed by atoms with E-state index in [1.54, 1.807) is 0 Å². The van der Waals surface area contributed by atoms with Gasteiger partial charge in [0.1, 0.15) is 0 Å². The summed E-state index contributed by atoms with van der Waals surface area (Å²) in [4.78, 5) is 12.2. The first-order valence-corrected chi connectivity index (χ1v) is 6.11. The fourth-order valence-electron chi connectivity index (χ4n) is 2.68. The summed E-state index contributed by atoms with van der Waals surface area (Å²) >= 11 is 0. The Kier molecular flexibility index (Phi) is 3.46. The number of rotatable bonds is 2. The van der Waals surface area contributed by atoms with Gasteiger partial charge in [-0.3, -0.25) is 4.79 Å². The number of alkyl halides is 3. The molecule has 98 valence electrons. The molecule has 1 saturated carbocycles. The van der Waals surface area contributed by atoms with Crippen LogP contribution in [-0.4, -0.2) is 5.78 Å². The van der Waals surface area contributed by atoms with Crippen LogP contribution in [0.15, 0.2) is 24.3 Å². The van der Waals surface area contributed by atoms with Crippen molar-refractivity contribution in [2.45, 2.75) is 32.4 Å². The number of hydrogen-bond acceptors (Lipinski definition) is 1. The van der Waals surface area contributed by atoms with Gasteiger partial charge in [0, 0.05) is 11.5 Å². The fraction of sp³-hybridized carbons (Fsp3) is 0.500. The lowest BCUT2D eigenvalue weighted by atomic mass is 9.87. The summed E-state index contributed by atoms with van der Waals surface area (Å²) in [5.74, 6) is -0.430. The highest BCUT2D eigenvalue weighted by molar-refractivity contribution is 5.99. The van der Waals surface area contributed by atoms with Crippen LogP contribution in [0.5, 0.6) is 0 Å². The Morgan fingerprint density at radius 3 is 2.44 bits per heavy atom. The number of benzene rings is 1. The molecule has 2 atom stereocenters. The highest BCUT2D eigenvalue weighted by atomic mass is 19.4. The van der Waals surface area contributed by atoms with E-state index in [0.29, 0.717) is 6.42 Å². The van der Waals surface area contributed by atoms with E-state index in [0.717, 1.165) is 18.9 Å². The number of halogens is 3. The second kappa shape index (κ2) is 4.75. The van der Waals surface area contributed by atoms with Gasteiger partial charge in [-0.1, -0.05) is 31.5 Å². The van der Waals surface area contributed by atoms with Crippen LogP contribution < -0.4 is 0 Å². The molecule has 0 heterocycles. The van der Waals surface area contributed by atoms with Gasteiger partial charge in [0.15, 0.2) is 5.78 Å². The van der Waals surface area contributed by atoms with Crippen LogP contribution >= 0.6 is 0 Å². The molecule has 1 aromatic carbocycles. The molecule has 0 amide bonds. The van der Waals surface area contributed by atoms with Crippen LogP contribution in [0, 0.1) is 11.8 Å². The third-order valence-corrected chi connectivity index (χ3v) is 3.70. The van der Waals surface area contributed by atoms with Crippen LogP contribution in [0.1, 0.15) is 42.1 Å². The summed E-state index contributed by atoms with van der Waals surface area (Å²) in [7, 11) is 0. The molecule has 0 aliphatic heterocycles. The van der Waals surface area contributed by atoms with E-state index in [2.05, 4.69) is 0 Å². The molecule has 0 radical (unpaired) electrons. The van der Waals surface area contributed by atoms with Gasteiger partial charge in [-0.15, -0.1) is 0 Å². The van der Waals surface area contributed by atoms with E-state index in [1.165, 1.54) is 18.2 Å². The van der Waals surface area contributed by atoms with Crippen molar-refractivity contribution >= 4 is 5.78 Å². The molecule has 1 fully saturated rings. The third-order valence-electron chi connectivity index (χ3n) is 3.70. The van der Waals surface area contributed by atoms with E-state index >= 15 is 0 Å². The summed E-state index contributed by atoms with van der Waals surface area (Å²) < 4.78 is 38.5. The molecular formula is C14H15F3O. The summed E-state index contributed by atoms with van der Waals surface area (Å²) in [6.07, 6.45) is -1.92. The van der Waals surface area contributed by atoms with Gasteiger partial charge in [0.2, 0.25) is 0 Å². The Bertz CT molecular complexity index is 451. The molecule has 1 aromatic rings. The van der Waals surface area contributed by atoms with E-state index in [4.69, 9.17) is 0 Å². The van der Waals surface area contributed by atoms with Crippen molar-refractivity contribution in [3.05, 3.63) is 35.4 Å². The number of carbonyl (C=O) groups excluding carboxylic acids is 1. The smallest absolute Gasteiger partial charge is 0.294 e. The molecule has 2 rings (SSSR count). The Balaban J connectivity index is 2.36. The van der Waals surface area contributed by atoms with E-state index in [1.807, 2.05) is 6.92 Å². The van der Waals surface area contributed by atoms with Crippen molar-refractivity contribution in [3.8, 4) is 0 Å². The largest absolute Gasteiger partial charge is 0.417 e. The summed E-state index contributed by atoms with van der Waals surface area (Å²) in [6, 6.07) is 5.07. The molecule has 0 bridgehead atoms. The van der Waals surface area contributed by atoms with E-state index in [-0.39, 0.29) is 23.2 Å². The van der Waals surface area contributed by atoms with Crippen LogP contribution in [0.4, 0.5) is 13.2 Å². The van der Waals surface area contributed by atoms with Crippen LogP contribution in [0.3, 0.4) is 0 Å². The van der Waals surface area contributed by atoms with Crippen molar-refractivity contribution in [1.82, 2.24) is 0 Å². The molecule has 2 unspecified atom stereocenters. The zero-order chi connectivity index (χ0) is 13.3. The molecule has 0 spiro atoms. The molecule has 1 aliphatic rings. The molecule has 0 N–H and O–H groups in total. The monoisotopic (exact) mass is 256 g/mol. The van der Waals surface area contributed by atoms with Crippen molar-refractivity contribution in [2.75, 3.05) is 0 Å². The Labute approximate surface area is 104 Å². The Hall–Kier alpha value is -1.32. The van der Waals surface area contributed by atoms with Gasteiger partial charge in [0.25, 0.3) is 0 Å². The van der Waals surface area contributed by atoms with Crippen molar-refractivity contribution < 1.29 is 18.0 Å². The standard InChI is InChI=1S/C14H15F3O/c1-9-5-4-7-10(9)13(18)11-6-2-3-8-12(11)14(15,16)17/h2-3,6,8-10H,4-5,7H2,1H3. The normalized spacial score (nSPS) is 24.2. The first-order chi connectivity index (χ1) is 8.41. The minimum absolute atomic E-state index is 0.177. The average Bonchev–Trinajstić information content (AvgIpc) is 2.73. The van der Waals surface area contributed by atoms with Gasteiger partial charge in [-0.05, 0) is 24.8 Å². The maximum absolute atomic E-state index is 12.8. The van der Waals surface area contributed by atoms with Gasteiger partial charge in [0.05, 0.1) is 5.56 Å². The number of hydrogen-bond donors (Lipinski definition) is 0.